The number of piperazine rings is 1. The topological polar surface area (TPSA) is 61.9 Å². The predicted molar refractivity (Wildman–Crippen MR) is 99.5 cm³/mol. The van der Waals surface area contributed by atoms with Crippen LogP contribution in [0.1, 0.15) is 18.9 Å². The van der Waals surface area contributed by atoms with E-state index in [9.17, 15) is 9.59 Å². The Labute approximate surface area is 154 Å². The van der Waals surface area contributed by atoms with Gasteiger partial charge in [-0.15, -0.1) is 12.4 Å². The van der Waals surface area contributed by atoms with Crippen LogP contribution in [0.3, 0.4) is 0 Å². The molecular formula is C18H26ClN3O3. The second-order valence-electron chi connectivity index (χ2n) is 6.67. The lowest BCUT2D eigenvalue weighted by Gasteiger charge is -2.35. The lowest BCUT2D eigenvalue weighted by Crippen LogP contribution is -2.54. The van der Waals surface area contributed by atoms with E-state index >= 15 is 0 Å². The van der Waals surface area contributed by atoms with E-state index < -0.39 is 0 Å². The number of nitrogens with one attached hydrogen (secondary N) is 1. The van der Waals surface area contributed by atoms with Crippen LogP contribution in [0.25, 0.3) is 0 Å². The molecule has 6 nitrogen and oxygen atoms in total. The fourth-order valence-electron chi connectivity index (χ4n) is 3.52. The van der Waals surface area contributed by atoms with Crippen LogP contribution in [0.2, 0.25) is 0 Å². The SMILES string of the molecule is COc1ccc(C)cc1N1CC(C(=O)N2CCNCC2C)CC1=O.Cl. The third-order valence-electron chi connectivity index (χ3n) is 4.88. The van der Waals surface area contributed by atoms with Crippen LogP contribution in [0, 0.1) is 12.8 Å². The molecule has 0 aromatic heterocycles. The average molecular weight is 368 g/mol. The van der Waals surface area contributed by atoms with Crippen LogP contribution < -0.4 is 15.0 Å². The maximum atomic E-state index is 12.8. The second-order valence-corrected chi connectivity index (χ2v) is 6.67. The number of methoxy groups -OCH3 is 1. The van der Waals surface area contributed by atoms with Crippen molar-refractivity contribution in [2.45, 2.75) is 26.3 Å². The molecule has 2 saturated heterocycles. The van der Waals surface area contributed by atoms with Crippen molar-refractivity contribution in [2.24, 2.45) is 5.92 Å². The largest absolute Gasteiger partial charge is 0.495 e. The highest BCUT2D eigenvalue weighted by molar-refractivity contribution is 6.01. The fraction of sp³-hybridized carbons (Fsp3) is 0.556. The highest BCUT2D eigenvalue weighted by Crippen LogP contribution is 2.34. The van der Waals surface area contributed by atoms with Crippen LogP contribution in [0.15, 0.2) is 18.2 Å². The van der Waals surface area contributed by atoms with E-state index in [1.807, 2.05) is 36.9 Å². The van der Waals surface area contributed by atoms with E-state index in [0.29, 0.717) is 18.8 Å². The van der Waals surface area contributed by atoms with Gasteiger partial charge >= 0.3 is 0 Å². The summed E-state index contributed by atoms with van der Waals surface area (Å²) >= 11 is 0. The molecule has 1 aromatic rings. The van der Waals surface area contributed by atoms with Crippen LogP contribution >= 0.6 is 12.4 Å². The average Bonchev–Trinajstić information content (AvgIpc) is 2.96. The zero-order valence-electron chi connectivity index (χ0n) is 14.9. The molecule has 1 aromatic carbocycles. The lowest BCUT2D eigenvalue weighted by atomic mass is 10.0. The van der Waals surface area contributed by atoms with Gasteiger partial charge in [-0.3, -0.25) is 9.59 Å². The summed E-state index contributed by atoms with van der Waals surface area (Å²) < 4.78 is 5.39. The summed E-state index contributed by atoms with van der Waals surface area (Å²) in [6.45, 7) is 6.78. The number of carbonyl (C=O) groups excluding carboxylic acids is 2. The van der Waals surface area contributed by atoms with Crippen LogP contribution in [0.4, 0.5) is 5.69 Å². The third-order valence-corrected chi connectivity index (χ3v) is 4.88. The molecular weight excluding hydrogens is 342 g/mol. The number of carbonyl (C=O) groups is 2. The zero-order valence-corrected chi connectivity index (χ0v) is 15.8. The standard InChI is InChI=1S/C18H25N3O3.ClH/c1-12-4-5-16(24-3)15(8-12)21-11-14(9-17(21)22)18(23)20-7-6-19-10-13(20)2;/h4-5,8,13-14,19H,6-7,9-11H2,1-3H3;1H. The first-order valence-electron chi connectivity index (χ1n) is 8.47. The van der Waals surface area contributed by atoms with Gasteiger partial charge in [-0.05, 0) is 31.5 Å². The molecule has 2 atom stereocenters. The van der Waals surface area contributed by atoms with E-state index in [1.165, 1.54) is 0 Å². The summed E-state index contributed by atoms with van der Waals surface area (Å²) in [5, 5.41) is 3.29. The number of hydrogen-bond acceptors (Lipinski definition) is 4. The van der Waals surface area contributed by atoms with Crippen molar-refractivity contribution in [1.29, 1.82) is 0 Å². The molecule has 2 aliphatic heterocycles. The number of ether oxygens (including phenoxy) is 1. The fourth-order valence-corrected chi connectivity index (χ4v) is 3.52. The van der Waals surface area contributed by atoms with Crippen molar-refractivity contribution in [2.75, 3.05) is 38.2 Å². The Morgan fingerprint density at radius 2 is 2.12 bits per heavy atom. The number of benzene rings is 1. The van der Waals surface area contributed by atoms with Crippen LogP contribution in [-0.4, -0.2) is 56.0 Å². The van der Waals surface area contributed by atoms with Gasteiger partial charge in [0.1, 0.15) is 5.75 Å². The van der Waals surface area contributed by atoms with Gasteiger partial charge < -0.3 is 19.9 Å². The molecule has 2 unspecified atom stereocenters. The lowest BCUT2D eigenvalue weighted by molar-refractivity contribution is -0.138. The maximum Gasteiger partial charge on any atom is 0.228 e. The van der Waals surface area contributed by atoms with E-state index in [-0.39, 0.29) is 42.6 Å². The normalized spacial score (nSPS) is 23.4. The van der Waals surface area contributed by atoms with E-state index in [4.69, 9.17) is 4.74 Å². The molecule has 2 amide bonds. The van der Waals surface area contributed by atoms with E-state index in [1.54, 1.807) is 12.0 Å². The summed E-state index contributed by atoms with van der Waals surface area (Å²) in [7, 11) is 1.60. The van der Waals surface area contributed by atoms with Gasteiger partial charge in [0.2, 0.25) is 11.8 Å². The molecule has 0 bridgehead atoms. The molecule has 3 rings (SSSR count). The van der Waals surface area contributed by atoms with Crippen molar-refractivity contribution in [3.63, 3.8) is 0 Å². The van der Waals surface area contributed by atoms with Crippen molar-refractivity contribution in [3.8, 4) is 5.75 Å². The summed E-state index contributed by atoms with van der Waals surface area (Å²) in [5.74, 6) is 0.465. The van der Waals surface area contributed by atoms with Crippen molar-refractivity contribution >= 4 is 29.9 Å². The second kappa shape index (κ2) is 8.06. The molecule has 2 heterocycles. The molecule has 0 saturated carbocycles. The number of nitrogens with zero attached hydrogens (tertiary/aromatic N) is 2. The Kier molecular flexibility index (Phi) is 6.30. The van der Waals surface area contributed by atoms with E-state index in [0.717, 1.165) is 24.3 Å². The summed E-state index contributed by atoms with van der Waals surface area (Å²) in [6.07, 6.45) is 0.270. The number of rotatable bonds is 3. The first kappa shape index (κ1) is 19.5. The number of anilines is 1. The summed E-state index contributed by atoms with van der Waals surface area (Å²) in [6, 6.07) is 5.93. The highest BCUT2D eigenvalue weighted by atomic mass is 35.5. The van der Waals surface area contributed by atoms with Gasteiger partial charge in [0.25, 0.3) is 0 Å². The van der Waals surface area contributed by atoms with Gasteiger partial charge in [0, 0.05) is 38.6 Å². The predicted octanol–water partition coefficient (Wildman–Crippen LogP) is 1.60. The first-order valence-corrected chi connectivity index (χ1v) is 8.47. The zero-order chi connectivity index (χ0) is 17.3. The quantitative estimate of drug-likeness (QED) is 0.881. The minimum Gasteiger partial charge on any atom is -0.495 e. The molecule has 25 heavy (non-hydrogen) atoms. The van der Waals surface area contributed by atoms with Gasteiger partial charge in [-0.1, -0.05) is 6.07 Å². The minimum absolute atomic E-state index is 0. The molecule has 138 valence electrons. The number of hydrogen-bond donors (Lipinski definition) is 1. The van der Waals surface area contributed by atoms with Crippen molar-refractivity contribution in [1.82, 2.24) is 10.2 Å². The monoisotopic (exact) mass is 367 g/mol. The van der Waals surface area contributed by atoms with Crippen molar-refractivity contribution in [3.05, 3.63) is 23.8 Å². The maximum absolute atomic E-state index is 12.8. The number of aryl methyl sites for hydroxylation is 1. The molecule has 2 aliphatic rings. The van der Waals surface area contributed by atoms with Gasteiger partial charge in [-0.25, -0.2) is 0 Å². The van der Waals surface area contributed by atoms with Gasteiger partial charge in [0.15, 0.2) is 0 Å². The third kappa shape index (κ3) is 3.90. The molecule has 0 radical (unpaired) electrons. The Bertz CT molecular complexity index is 652. The summed E-state index contributed by atoms with van der Waals surface area (Å²) in [4.78, 5) is 29.0. The molecule has 2 fully saturated rings. The number of halogens is 1. The highest BCUT2D eigenvalue weighted by Gasteiger charge is 2.39. The molecule has 1 N–H and O–H groups in total. The van der Waals surface area contributed by atoms with E-state index in [2.05, 4.69) is 5.32 Å². The number of amides is 2. The Balaban J connectivity index is 0.00000225. The minimum atomic E-state index is -0.275. The first-order chi connectivity index (χ1) is 11.5. The summed E-state index contributed by atoms with van der Waals surface area (Å²) in [5.41, 5.74) is 1.82. The van der Waals surface area contributed by atoms with Crippen LogP contribution in [0.5, 0.6) is 5.75 Å². The Hall–Kier alpha value is -1.79. The van der Waals surface area contributed by atoms with Crippen molar-refractivity contribution < 1.29 is 14.3 Å². The Morgan fingerprint density at radius 1 is 1.36 bits per heavy atom. The van der Waals surface area contributed by atoms with Gasteiger partial charge in [0.05, 0.1) is 18.7 Å². The molecule has 0 spiro atoms. The van der Waals surface area contributed by atoms with Crippen LogP contribution in [-0.2, 0) is 9.59 Å². The molecule has 7 heteroatoms. The smallest absolute Gasteiger partial charge is 0.228 e. The molecule has 0 aliphatic carbocycles. The van der Waals surface area contributed by atoms with Gasteiger partial charge in [-0.2, -0.15) is 0 Å². The Morgan fingerprint density at radius 3 is 2.80 bits per heavy atom.